The molecule has 2 aromatic rings. The largest absolute Gasteiger partial charge is 0.492 e. The number of hydrogen-bond acceptors (Lipinski definition) is 3. The van der Waals surface area contributed by atoms with Crippen molar-refractivity contribution in [3.05, 3.63) is 42.0 Å². The smallest absolute Gasteiger partial charge is 0.410 e. The average molecular weight is 394 g/mol. The summed E-state index contributed by atoms with van der Waals surface area (Å²) >= 11 is 0. The summed E-state index contributed by atoms with van der Waals surface area (Å²) in [5, 5.41) is 2.41. The summed E-state index contributed by atoms with van der Waals surface area (Å²) in [6, 6.07) is 8.32. The van der Waals surface area contributed by atoms with Crippen LogP contribution in [0.3, 0.4) is 0 Å². The number of nitrogens with zero attached hydrogens (tertiary/aromatic N) is 1. The maximum atomic E-state index is 14.2. The lowest BCUT2D eigenvalue weighted by molar-refractivity contribution is -0.192. The molecule has 0 aromatic heterocycles. The Labute approximate surface area is 162 Å². The molecule has 28 heavy (non-hydrogen) atoms. The van der Waals surface area contributed by atoms with Gasteiger partial charge in [-0.25, -0.2) is 5.01 Å². The predicted molar refractivity (Wildman–Crippen MR) is 102 cm³/mol. The van der Waals surface area contributed by atoms with Crippen LogP contribution in [0.1, 0.15) is 39.3 Å². The van der Waals surface area contributed by atoms with Gasteiger partial charge in [-0.05, 0) is 25.2 Å². The Morgan fingerprint density at radius 3 is 2.43 bits per heavy atom. The fraction of sp³-hybridized carbons (Fsp3) is 0.476. The number of amides is 1. The van der Waals surface area contributed by atoms with Crippen molar-refractivity contribution in [2.24, 2.45) is 11.3 Å². The molecule has 1 aliphatic rings. The second-order valence-corrected chi connectivity index (χ2v) is 8.31. The van der Waals surface area contributed by atoms with E-state index in [1.807, 2.05) is 26.0 Å². The van der Waals surface area contributed by atoms with Gasteiger partial charge in [0.15, 0.2) is 6.04 Å². The number of rotatable bonds is 5. The lowest BCUT2D eigenvalue weighted by Gasteiger charge is -2.31. The zero-order valence-corrected chi connectivity index (χ0v) is 16.4. The summed E-state index contributed by atoms with van der Waals surface area (Å²) < 4.78 is 48.4. The van der Waals surface area contributed by atoms with Crippen LogP contribution < -0.4 is 10.2 Å². The van der Waals surface area contributed by atoms with Gasteiger partial charge in [-0.3, -0.25) is 10.2 Å². The molecule has 1 atom stereocenters. The monoisotopic (exact) mass is 394 g/mol. The van der Waals surface area contributed by atoms with Gasteiger partial charge in [0, 0.05) is 17.5 Å². The van der Waals surface area contributed by atoms with Crippen LogP contribution in [-0.4, -0.2) is 30.2 Å². The van der Waals surface area contributed by atoms with Crippen molar-refractivity contribution in [2.75, 3.05) is 13.2 Å². The number of nitrogens with one attached hydrogen (secondary N) is 1. The first-order chi connectivity index (χ1) is 13.0. The van der Waals surface area contributed by atoms with Crippen molar-refractivity contribution in [1.29, 1.82) is 0 Å². The van der Waals surface area contributed by atoms with Gasteiger partial charge in [0.25, 0.3) is 0 Å². The first kappa shape index (κ1) is 20.5. The molecule has 1 heterocycles. The highest BCUT2D eigenvalue weighted by Gasteiger charge is 2.52. The number of halogens is 3. The minimum absolute atomic E-state index is 0.00449. The minimum atomic E-state index is -4.59. The van der Waals surface area contributed by atoms with Crippen molar-refractivity contribution in [3.63, 3.8) is 0 Å². The SMILES string of the molecule is CC(C)COc1c([C@H](N2CC(C)(C)C(=O)N2)C(F)(F)F)ccc2ccccc12. The van der Waals surface area contributed by atoms with Crippen LogP contribution in [0.25, 0.3) is 10.8 Å². The molecule has 1 aliphatic heterocycles. The fourth-order valence-corrected chi connectivity index (χ4v) is 3.38. The third kappa shape index (κ3) is 3.94. The van der Waals surface area contributed by atoms with E-state index in [1.54, 1.807) is 32.0 Å². The molecule has 0 unspecified atom stereocenters. The molecular formula is C21H25F3N2O2. The van der Waals surface area contributed by atoms with E-state index < -0.39 is 23.5 Å². The molecule has 0 aliphatic carbocycles. The van der Waals surface area contributed by atoms with Gasteiger partial charge in [-0.2, -0.15) is 13.2 Å². The fourth-order valence-electron chi connectivity index (χ4n) is 3.38. The summed E-state index contributed by atoms with van der Waals surface area (Å²) in [6.45, 7) is 7.39. The van der Waals surface area contributed by atoms with E-state index >= 15 is 0 Å². The molecule has 3 rings (SSSR count). The number of benzene rings is 2. The average Bonchev–Trinajstić information content (AvgIpc) is 2.84. The number of hydrogen-bond donors (Lipinski definition) is 1. The molecule has 0 bridgehead atoms. The van der Waals surface area contributed by atoms with Crippen LogP contribution in [0.15, 0.2) is 36.4 Å². The number of carbonyl (C=O) groups is 1. The van der Waals surface area contributed by atoms with Crippen molar-refractivity contribution in [3.8, 4) is 5.75 Å². The number of hydrazine groups is 1. The van der Waals surface area contributed by atoms with E-state index in [0.717, 1.165) is 10.4 Å². The Hall–Kier alpha value is -2.28. The highest BCUT2D eigenvalue weighted by Crippen LogP contribution is 2.45. The summed E-state index contributed by atoms with van der Waals surface area (Å²) in [5.74, 6) is -0.0538. The normalized spacial score (nSPS) is 18.5. The van der Waals surface area contributed by atoms with E-state index in [1.165, 1.54) is 6.07 Å². The van der Waals surface area contributed by atoms with Gasteiger partial charge in [0.05, 0.1) is 12.0 Å². The molecule has 2 aromatic carbocycles. The second-order valence-electron chi connectivity index (χ2n) is 8.31. The van der Waals surface area contributed by atoms with Crippen LogP contribution in [0.4, 0.5) is 13.2 Å². The zero-order chi connectivity index (χ0) is 20.7. The molecule has 0 spiro atoms. The van der Waals surface area contributed by atoms with Crippen molar-refractivity contribution in [1.82, 2.24) is 10.4 Å². The van der Waals surface area contributed by atoms with Gasteiger partial charge in [-0.15, -0.1) is 0 Å². The number of alkyl halides is 3. The maximum absolute atomic E-state index is 14.2. The molecule has 0 saturated carbocycles. The van der Waals surface area contributed by atoms with Crippen LogP contribution in [0.5, 0.6) is 5.75 Å². The highest BCUT2D eigenvalue weighted by atomic mass is 19.4. The Morgan fingerprint density at radius 1 is 1.18 bits per heavy atom. The third-order valence-electron chi connectivity index (χ3n) is 4.81. The molecular weight excluding hydrogens is 369 g/mol. The molecule has 0 radical (unpaired) electrons. The molecule has 1 saturated heterocycles. The van der Waals surface area contributed by atoms with Crippen molar-refractivity contribution < 1.29 is 22.7 Å². The Balaban J connectivity index is 2.14. The number of ether oxygens (including phenoxy) is 1. The van der Waals surface area contributed by atoms with E-state index in [0.29, 0.717) is 12.0 Å². The summed E-state index contributed by atoms with van der Waals surface area (Å²) in [7, 11) is 0. The molecule has 1 fully saturated rings. The summed E-state index contributed by atoms with van der Waals surface area (Å²) in [5.41, 5.74) is 1.51. The van der Waals surface area contributed by atoms with Crippen molar-refractivity contribution >= 4 is 16.7 Å². The van der Waals surface area contributed by atoms with Gasteiger partial charge >= 0.3 is 6.18 Å². The van der Waals surface area contributed by atoms with Crippen LogP contribution in [-0.2, 0) is 4.79 Å². The second kappa shape index (κ2) is 7.28. The molecule has 4 nitrogen and oxygen atoms in total. The summed E-state index contributed by atoms with van der Waals surface area (Å²) in [4.78, 5) is 12.1. The minimum Gasteiger partial charge on any atom is -0.492 e. The lowest BCUT2D eigenvalue weighted by atomic mass is 9.93. The van der Waals surface area contributed by atoms with E-state index in [4.69, 9.17) is 4.74 Å². The number of fused-ring (bicyclic) bond motifs is 1. The van der Waals surface area contributed by atoms with Crippen LogP contribution >= 0.6 is 0 Å². The first-order valence-electron chi connectivity index (χ1n) is 9.29. The van der Waals surface area contributed by atoms with Gasteiger partial charge in [-0.1, -0.05) is 50.2 Å². The molecule has 152 valence electrons. The standard InChI is InChI=1S/C21H25F3N2O2/c1-13(2)11-28-17-15-8-6-5-7-14(15)9-10-16(17)18(21(22,23)24)26-12-20(3,4)19(27)25-26/h5-10,13,18H,11-12H2,1-4H3,(H,25,27)/t18-/m0/s1. The number of carbonyl (C=O) groups excluding carboxylic acids is 1. The molecule has 1 amide bonds. The van der Waals surface area contributed by atoms with Gasteiger partial charge in [0.2, 0.25) is 5.91 Å². The Morgan fingerprint density at radius 2 is 1.86 bits per heavy atom. The highest BCUT2D eigenvalue weighted by molar-refractivity contribution is 5.90. The van der Waals surface area contributed by atoms with Crippen molar-refractivity contribution in [2.45, 2.75) is 39.9 Å². The zero-order valence-electron chi connectivity index (χ0n) is 16.4. The van der Waals surface area contributed by atoms with E-state index in [9.17, 15) is 18.0 Å². The maximum Gasteiger partial charge on any atom is 0.410 e. The third-order valence-corrected chi connectivity index (χ3v) is 4.81. The van der Waals surface area contributed by atoms with E-state index in [-0.39, 0.29) is 23.8 Å². The Bertz CT molecular complexity index is 878. The van der Waals surface area contributed by atoms with E-state index in [2.05, 4.69) is 5.43 Å². The van der Waals surface area contributed by atoms with Gasteiger partial charge < -0.3 is 4.74 Å². The first-order valence-corrected chi connectivity index (χ1v) is 9.29. The Kier molecular flexibility index (Phi) is 5.32. The topological polar surface area (TPSA) is 41.6 Å². The molecule has 1 N–H and O–H groups in total. The summed E-state index contributed by atoms with van der Waals surface area (Å²) in [6.07, 6.45) is -4.59. The van der Waals surface area contributed by atoms with Gasteiger partial charge in [0.1, 0.15) is 5.75 Å². The van der Waals surface area contributed by atoms with Crippen LogP contribution in [0, 0.1) is 11.3 Å². The van der Waals surface area contributed by atoms with Crippen LogP contribution in [0.2, 0.25) is 0 Å². The quantitative estimate of drug-likeness (QED) is 0.788. The lowest BCUT2D eigenvalue weighted by Crippen LogP contribution is -2.43. The predicted octanol–water partition coefficient (Wildman–Crippen LogP) is 4.85. The molecule has 7 heteroatoms.